The van der Waals surface area contributed by atoms with Crippen LogP contribution in [0.1, 0.15) is 78.6 Å². The van der Waals surface area contributed by atoms with Gasteiger partial charge in [-0.1, -0.05) is 46.1 Å². The molecule has 0 bridgehead atoms. The number of Topliss-reactive ketones (excluding diaryl/α,β-unsaturated/α-hetero) is 1. The number of hydrogen-bond acceptors (Lipinski definition) is 2. The molecule has 2 heteroatoms. The van der Waals surface area contributed by atoms with E-state index in [0.29, 0.717) is 5.78 Å². The SMILES string of the molecule is C=C1CCCCN1C(CCCC)(CCCC)C(C)=O. The van der Waals surface area contributed by atoms with Crippen LogP contribution in [0, 0.1) is 0 Å². The van der Waals surface area contributed by atoms with Crippen molar-refractivity contribution in [1.29, 1.82) is 0 Å². The first-order valence-electron chi connectivity index (χ1n) is 8.05. The summed E-state index contributed by atoms with van der Waals surface area (Å²) in [6.07, 6.45) is 10.1. The molecule has 0 aromatic carbocycles. The van der Waals surface area contributed by atoms with Crippen LogP contribution in [0.15, 0.2) is 12.3 Å². The van der Waals surface area contributed by atoms with Gasteiger partial charge >= 0.3 is 0 Å². The second-order valence-corrected chi connectivity index (χ2v) is 5.97. The molecule has 0 aromatic rings. The number of likely N-dealkylation sites (tertiary alicyclic amines) is 1. The van der Waals surface area contributed by atoms with Gasteiger partial charge in [0.2, 0.25) is 0 Å². The zero-order valence-electron chi connectivity index (χ0n) is 13.1. The monoisotopic (exact) mass is 265 g/mol. The molecule has 19 heavy (non-hydrogen) atoms. The van der Waals surface area contributed by atoms with Gasteiger partial charge in [0.15, 0.2) is 5.78 Å². The molecule has 1 aliphatic rings. The van der Waals surface area contributed by atoms with Crippen molar-refractivity contribution in [2.75, 3.05) is 6.54 Å². The third-order valence-electron chi connectivity index (χ3n) is 4.54. The Morgan fingerprint density at radius 2 is 1.79 bits per heavy atom. The summed E-state index contributed by atoms with van der Waals surface area (Å²) in [5.41, 5.74) is 0.928. The van der Waals surface area contributed by atoms with Gasteiger partial charge < -0.3 is 4.90 Å². The summed E-state index contributed by atoms with van der Waals surface area (Å²) in [5, 5.41) is 0. The van der Waals surface area contributed by atoms with Crippen LogP contribution in [0.25, 0.3) is 0 Å². The molecule has 0 saturated carbocycles. The zero-order chi connectivity index (χ0) is 14.3. The first kappa shape index (κ1) is 16.3. The average Bonchev–Trinajstić information content (AvgIpc) is 2.40. The van der Waals surface area contributed by atoms with Gasteiger partial charge in [0, 0.05) is 12.2 Å². The molecule has 0 atom stereocenters. The molecule has 0 radical (unpaired) electrons. The van der Waals surface area contributed by atoms with Crippen molar-refractivity contribution in [1.82, 2.24) is 4.90 Å². The number of nitrogens with zero attached hydrogens (tertiary/aromatic N) is 1. The van der Waals surface area contributed by atoms with Gasteiger partial charge in [-0.15, -0.1) is 0 Å². The highest BCUT2D eigenvalue weighted by atomic mass is 16.1. The Morgan fingerprint density at radius 3 is 2.21 bits per heavy atom. The lowest BCUT2D eigenvalue weighted by molar-refractivity contribution is -0.129. The van der Waals surface area contributed by atoms with Crippen molar-refractivity contribution in [3.8, 4) is 0 Å². The molecule has 1 rings (SSSR count). The summed E-state index contributed by atoms with van der Waals surface area (Å²) >= 11 is 0. The van der Waals surface area contributed by atoms with E-state index >= 15 is 0 Å². The fourth-order valence-electron chi connectivity index (χ4n) is 3.28. The van der Waals surface area contributed by atoms with E-state index in [1.54, 1.807) is 6.92 Å². The molecule has 0 N–H and O–H groups in total. The van der Waals surface area contributed by atoms with Crippen LogP contribution < -0.4 is 0 Å². The quantitative estimate of drug-likeness (QED) is 0.634. The van der Waals surface area contributed by atoms with Gasteiger partial charge in [-0.2, -0.15) is 0 Å². The summed E-state index contributed by atoms with van der Waals surface area (Å²) < 4.78 is 0. The van der Waals surface area contributed by atoms with Crippen molar-refractivity contribution < 1.29 is 4.79 Å². The summed E-state index contributed by atoms with van der Waals surface area (Å²) in [4.78, 5) is 14.8. The van der Waals surface area contributed by atoms with Crippen LogP contribution in [0.4, 0.5) is 0 Å². The molecule has 1 fully saturated rings. The van der Waals surface area contributed by atoms with Crippen LogP contribution in [-0.2, 0) is 4.79 Å². The highest BCUT2D eigenvalue weighted by Gasteiger charge is 2.41. The third kappa shape index (κ3) is 3.84. The molecule has 0 aliphatic carbocycles. The van der Waals surface area contributed by atoms with Crippen LogP contribution in [0.3, 0.4) is 0 Å². The zero-order valence-corrected chi connectivity index (χ0v) is 13.1. The minimum atomic E-state index is -0.260. The lowest BCUT2D eigenvalue weighted by Gasteiger charge is -2.47. The lowest BCUT2D eigenvalue weighted by Crippen LogP contribution is -2.54. The van der Waals surface area contributed by atoms with Crippen molar-refractivity contribution in [2.24, 2.45) is 0 Å². The number of ketones is 1. The van der Waals surface area contributed by atoms with Gasteiger partial charge in [-0.05, 0) is 39.0 Å². The Morgan fingerprint density at radius 1 is 1.21 bits per heavy atom. The Balaban J connectivity index is 2.97. The number of carbonyl (C=O) groups is 1. The fourth-order valence-corrected chi connectivity index (χ4v) is 3.28. The van der Waals surface area contributed by atoms with Crippen LogP contribution >= 0.6 is 0 Å². The van der Waals surface area contributed by atoms with E-state index in [1.807, 2.05) is 0 Å². The van der Waals surface area contributed by atoms with E-state index in [0.717, 1.165) is 51.5 Å². The second kappa shape index (κ2) is 7.72. The van der Waals surface area contributed by atoms with Crippen LogP contribution in [-0.4, -0.2) is 22.8 Å². The Labute approximate surface area is 119 Å². The average molecular weight is 265 g/mol. The predicted molar refractivity (Wildman–Crippen MR) is 82.2 cm³/mol. The topological polar surface area (TPSA) is 20.3 Å². The summed E-state index contributed by atoms with van der Waals surface area (Å²) in [6, 6.07) is 0. The molecule has 110 valence electrons. The molecule has 1 heterocycles. The van der Waals surface area contributed by atoms with E-state index in [1.165, 1.54) is 18.5 Å². The predicted octanol–water partition coefficient (Wildman–Crippen LogP) is 4.69. The fraction of sp³-hybridized carbons (Fsp3) is 0.824. The number of rotatable bonds is 8. The van der Waals surface area contributed by atoms with Crippen molar-refractivity contribution >= 4 is 5.78 Å². The van der Waals surface area contributed by atoms with E-state index in [4.69, 9.17) is 0 Å². The van der Waals surface area contributed by atoms with Crippen LogP contribution in [0.5, 0.6) is 0 Å². The Kier molecular flexibility index (Phi) is 6.60. The molecular formula is C17H31NO. The van der Waals surface area contributed by atoms with Crippen LogP contribution in [0.2, 0.25) is 0 Å². The molecule has 0 spiro atoms. The maximum absolute atomic E-state index is 12.4. The molecular weight excluding hydrogens is 234 g/mol. The first-order chi connectivity index (χ1) is 9.08. The van der Waals surface area contributed by atoms with E-state index in [9.17, 15) is 4.79 Å². The van der Waals surface area contributed by atoms with Crippen molar-refractivity contribution in [3.63, 3.8) is 0 Å². The van der Waals surface area contributed by atoms with Crippen molar-refractivity contribution in [3.05, 3.63) is 12.3 Å². The van der Waals surface area contributed by atoms with Gasteiger partial charge in [-0.25, -0.2) is 0 Å². The second-order valence-electron chi connectivity index (χ2n) is 5.97. The lowest BCUT2D eigenvalue weighted by atomic mass is 9.80. The minimum absolute atomic E-state index is 0.260. The van der Waals surface area contributed by atoms with E-state index in [2.05, 4.69) is 25.3 Å². The molecule has 1 aliphatic heterocycles. The maximum atomic E-state index is 12.4. The smallest absolute Gasteiger partial charge is 0.155 e. The molecule has 1 saturated heterocycles. The molecule has 0 unspecified atom stereocenters. The van der Waals surface area contributed by atoms with Gasteiger partial charge in [0.05, 0.1) is 5.54 Å². The first-order valence-corrected chi connectivity index (χ1v) is 8.05. The normalized spacial score (nSPS) is 16.8. The summed E-state index contributed by atoms with van der Waals surface area (Å²) in [5.74, 6) is 0.345. The standard InChI is InChI=1S/C17H31NO/c1-5-7-12-17(16(4)19,13-8-6-2)18-14-10-9-11-15(18)3/h3,5-14H2,1-2,4H3. The Hall–Kier alpha value is -0.790. The maximum Gasteiger partial charge on any atom is 0.155 e. The Bertz CT molecular complexity index is 300. The highest BCUT2D eigenvalue weighted by Crippen LogP contribution is 2.36. The van der Waals surface area contributed by atoms with Crippen molar-refractivity contribution in [2.45, 2.75) is 84.1 Å². The molecule has 2 nitrogen and oxygen atoms in total. The highest BCUT2D eigenvalue weighted by molar-refractivity contribution is 5.86. The minimum Gasteiger partial charge on any atom is -0.363 e. The summed E-state index contributed by atoms with van der Waals surface area (Å²) in [6.45, 7) is 11.4. The van der Waals surface area contributed by atoms with E-state index < -0.39 is 0 Å². The third-order valence-corrected chi connectivity index (χ3v) is 4.54. The molecule has 0 amide bonds. The number of piperidine rings is 1. The van der Waals surface area contributed by atoms with Gasteiger partial charge in [0.1, 0.15) is 0 Å². The number of allylic oxidation sites excluding steroid dienone is 1. The van der Waals surface area contributed by atoms with Gasteiger partial charge in [0.25, 0.3) is 0 Å². The van der Waals surface area contributed by atoms with Gasteiger partial charge in [-0.3, -0.25) is 4.79 Å². The number of carbonyl (C=O) groups excluding carboxylic acids is 1. The number of unbranched alkanes of at least 4 members (excludes halogenated alkanes) is 2. The summed E-state index contributed by atoms with van der Waals surface area (Å²) in [7, 11) is 0. The number of hydrogen-bond donors (Lipinski definition) is 0. The molecule has 0 aromatic heterocycles. The largest absolute Gasteiger partial charge is 0.363 e. The van der Waals surface area contributed by atoms with E-state index in [-0.39, 0.29) is 5.54 Å².